The van der Waals surface area contributed by atoms with Crippen molar-refractivity contribution in [1.29, 1.82) is 0 Å². The SMILES string of the molecule is Cc1ccc(C(O)CN2CCN(CCO)CC2)c(C)c1. The summed E-state index contributed by atoms with van der Waals surface area (Å²) >= 11 is 0. The molecule has 1 saturated heterocycles. The van der Waals surface area contributed by atoms with Gasteiger partial charge in [-0.1, -0.05) is 23.8 Å². The Hall–Kier alpha value is -0.940. The van der Waals surface area contributed by atoms with Gasteiger partial charge in [0, 0.05) is 39.3 Å². The van der Waals surface area contributed by atoms with Gasteiger partial charge in [0.2, 0.25) is 0 Å². The first-order valence-electron chi connectivity index (χ1n) is 7.41. The number of aryl methyl sites for hydroxylation is 2. The fraction of sp³-hybridized carbons (Fsp3) is 0.625. The van der Waals surface area contributed by atoms with Crippen LogP contribution in [0.5, 0.6) is 0 Å². The number of hydrogen-bond donors (Lipinski definition) is 2. The van der Waals surface area contributed by atoms with Gasteiger partial charge in [-0.3, -0.25) is 9.80 Å². The second kappa shape index (κ2) is 7.18. The van der Waals surface area contributed by atoms with E-state index in [9.17, 15) is 5.11 Å². The summed E-state index contributed by atoms with van der Waals surface area (Å²) in [6, 6.07) is 6.22. The van der Waals surface area contributed by atoms with Gasteiger partial charge in [0.05, 0.1) is 12.7 Å². The number of nitrogens with zero attached hydrogens (tertiary/aromatic N) is 2. The van der Waals surface area contributed by atoms with Crippen LogP contribution in [-0.2, 0) is 0 Å². The van der Waals surface area contributed by atoms with Crippen molar-refractivity contribution in [1.82, 2.24) is 9.80 Å². The largest absolute Gasteiger partial charge is 0.395 e. The average molecular weight is 278 g/mol. The molecule has 20 heavy (non-hydrogen) atoms. The lowest BCUT2D eigenvalue weighted by Gasteiger charge is -2.35. The van der Waals surface area contributed by atoms with Crippen molar-refractivity contribution >= 4 is 0 Å². The molecule has 2 rings (SSSR count). The predicted molar refractivity (Wildman–Crippen MR) is 80.8 cm³/mol. The highest BCUT2D eigenvalue weighted by molar-refractivity contribution is 5.32. The van der Waals surface area contributed by atoms with Crippen LogP contribution >= 0.6 is 0 Å². The van der Waals surface area contributed by atoms with E-state index in [4.69, 9.17) is 5.11 Å². The first-order valence-corrected chi connectivity index (χ1v) is 7.41. The summed E-state index contributed by atoms with van der Waals surface area (Å²) in [5.74, 6) is 0. The summed E-state index contributed by atoms with van der Waals surface area (Å²) in [4.78, 5) is 4.57. The van der Waals surface area contributed by atoms with Crippen LogP contribution in [0.15, 0.2) is 18.2 Å². The minimum atomic E-state index is -0.417. The minimum absolute atomic E-state index is 0.227. The van der Waals surface area contributed by atoms with Crippen LogP contribution < -0.4 is 0 Å². The molecule has 1 aromatic carbocycles. The highest BCUT2D eigenvalue weighted by Crippen LogP contribution is 2.20. The molecule has 112 valence electrons. The average Bonchev–Trinajstić information content (AvgIpc) is 2.41. The van der Waals surface area contributed by atoms with Gasteiger partial charge in [-0.2, -0.15) is 0 Å². The lowest BCUT2D eigenvalue weighted by molar-refractivity contribution is 0.0658. The minimum Gasteiger partial charge on any atom is -0.395 e. The van der Waals surface area contributed by atoms with Gasteiger partial charge in [-0.25, -0.2) is 0 Å². The lowest BCUT2D eigenvalue weighted by atomic mass is 10.0. The van der Waals surface area contributed by atoms with Crippen molar-refractivity contribution in [2.24, 2.45) is 0 Å². The molecule has 0 amide bonds. The summed E-state index contributed by atoms with van der Waals surface area (Å²) in [5, 5.41) is 19.4. The van der Waals surface area contributed by atoms with Crippen LogP contribution in [0.1, 0.15) is 22.8 Å². The fourth-order valence-corrected chi connectivity index (χ4v) is 2.88. The Bertz CT molecular complexity index is 428. The number of β-amino-alcohol motifs (C(OH)–C–C–N with tert-alkyl or cyclic N) is 2. The summed E-state index contributed by atoms with van der Waals surface area (Å²) in [6.45, 7) is 9.67. The van der Waals surface area contributed by atoms with Gasteiger partial charge >= 0.3 is 0 Å². The zero-order chi connectivity index (χ0) is 14.5. The van der Waals surface area contributed by atoms with Crippen LogP contribution in [-0.4, -0.2) is 65.9 Å². The predicted octanol–water partition coefficient (Wildman–Crippen LogP) is 0.947. The van der Waals surface area contributed by atoms with Crippen molar-refractivity contribution in [3.8, 4) is 0 Å². The van der Waals surface area contributed by atoms with E-state index in [2.05, 4.69) is 35.8 Å². The Kier molecular flexibility index (Phi) is 5.54. The van der Waals surface area contributed by atoms with E-state index in [-0.39, 0.29) is 6.61 Å². The molecule has 0 spiro atoms. The van der Waals surface area contributed by atoms with Gasteiger partial charge in [0.1, 0.15) is 0 Å². The number of aliphatic hydroxyl groups excluding tert-OH is 2. The number of rotatable bonds is 5. The van der Waals surface area contributed by atoms with E-state index in [1.807, 2.05) is 6.07 Å². The molecule has 1 aromatic rings. The molecule has 1 unspecified atom stereocenters. The van der Waals surface area contributed by atoms with E-state index in [0.29, 0.717) is 6.54 Å². The Morgan fingerprint density at radius 1 is 1.10 bits per heavy atom. The third-order valence-electron chi connectivity index (χ3n) is 4.10. The van der Waals surface area contributed by atoms with Gasteiger partial charge in [0.15, 0.2) is 0 Å². The van der Waals surface area contributed by atoms with Gasteiger partial charge < -0.3 is 10.2 Å². The molecule has 1 atom stereocenters. The monoisotopic (exact) mass is 278 g/mol. The van der Waals surface area contributed by atoms with Crippen LogP contribution in [0, 0.1) is 13.8 Å². The number of aliphatic hydroxyl groups is 2. The molecule has 0 radical (unpaired) electrons. The quantitative estimate of drug-likeness (QED) is 0.842. The Labute approximate surface area is 121 Å². The first kappa shape index (κ1) is 15.4. The summed E-state index contributed by atoms with van der Waals surface area (Å²) in [7, 11) is 0. The lowest BCUT2D eigenvalue weighted by Crippen LogP contribution is -2.48. The molecular formula is C16H26N2O2. The topological polar surface area (TPSA) is 46.9 Å². The maximum absolute atomic E-state index is 10.4. The number of piperazine rings is 1. The second-order valence-corrected chi connectivity index (χ2v) is 5.74. The highest BCUT2D eigenvalue weighted by Gasteiger charge is 2.20. The summed E-state index contributed by atoms with van der Waals surface area (Å²) < 4.78 is 0. The van der Waals surface area contributed by atoms with E-state index in [1.54, 1.807) is 0 Å². The maximum Gasteiger partial charge on any atom is 0.0919 e. The number of benzene rings is 1. The van der Waals surface area contributed by atoms with Crippen molar-refractivity contribution in [2.75, 3.05) is 45.9 Å². The Morgan fingerprint density at radius 2 is 1.75 bits per heavy atom. The standard InChI is InChI=1S/C16H26N2O2/c1-13-3-4-15(14(2)11-13)16(20)12-18-7-5-17(6-8-18)9-10-19/h3-4,11,16,19-20H,5-10,12H2,1-2H3. The third kappa shape index (κ3) is 4.03. The maximum atomic E-state index is 10.4. The molecule has 2 N–H and O–H groups in total. The molecule has 1 fully saturated rings. The molecule has 0 saturated carbocycles. The molecule has 1 heterocycles. The van der Waals surface area contributed by atoms with Crippen LogP contribution in [0.3, 0.4) is 0 Å². The zero-order valence-electron chi connectivity index (χ0n) is 12.5. The molecule has 0 aliphatic carbocycles. The Morgan fingerprint density at radius 3 is 2.35 bits per heavy atom. The van der Waals surface area contributed by atoms with Crippen LogP contribution in [0.25, 0.3) is 0 Å². The first-order chi connectivity index (χ1) is 9.60. The van der Waals surface area contributed by atoms with Crippen molar-refractivity contribution < 1.29 is 10.2 Å². The van der Waals surface area contributed by atoms with Crippen molar-refractivity contribution in [3.05, 3.63) is 34.9 Å². The fourth-order valence-electron chi connectivity index (χ4n) is 2.88. The molecular weight excluding hydrogens is 252 g/mol. The molecule has 1 aliphatic heterocycles. The van der Waals surface area contributed by atoms with Gasteiger partial charge in [0.25, 0.3) is 0 Å². The Balaban J connectivity index is 1.87. The van der Waals surface area contributed by atoms with Crippen LogP contribution in [0.2, 0.25) is 0 Å². The molecule has 4 nitrogen and oxygen atoms in total. The van der Waals surface area contributed by atoms with Crippen molar-refractivity contribution in [3.63, 3.8) is 0 Å². The smallest absolute Gasteiger partial charge is 0.0919 e. The van der Waals surface area contributed by atoms with Crippen molar-refractivity contribution in [2.45, 2.75) is 20.0 Å². The summed E-state index contributed by atoms with van der Waals surface area (Å²) in [6.07, 6.45) is -0.417. The zero-order valence-corrected chi connectivity index (χ0v) is 12.5. The molecule has 0 bridgehead atoms. The molecule has 0 aromatic heterocycles. The molecule has 1 aliphatic rings. The number of hydrogen-bond acceptors (Lipinski definition) is 4. The van der Waals surface area contributed by atoms with E-state index < -0.39 is 6.10 Å². The van der Waals surface area contributed by atoms with E-state index >= 15 is 0 Å². The third-order valence-corrected chi connectivity index (χ3v) is 4.10. The highest BCUT2D eigenvalue weighted by atomic mass is 16.3. The summed E-state index contributed by atoms with van der Waals surface area (Å²) in [5.41, 5.74) is 3.43. The normalized spacial score (nSPS) is 19.2. The van der Waals surface area contributed by atoms with E-state index in [1.165, 1.54) is 5.56 Å². The van der Waals surface area contributed by atoms with Gasteiger partial charge in [-0.15, -0.1) is 0 Å². The second-order valence-electron chi connectivity index (χ2n) is 5.74. The van der Waals surface area contributed by atoms with Gasteiger partial charge in [-0.05, 0) is 25.0 Å². The van der Waals surface area contributed by atoms with E-state index in [0.717, 1.165) is 43.9 Å². The molecule has 4 heteroatoms. The van der Waals surface area contributed by atoms with Crippen LogP contribution in [0.4, 0.5) is 0 Å².